The molecule has 0 aliphatic carbocycles. The highest BCUT2D eigenvalue weighted by Gasteiger charge is 2.23. The second kappa shape index (κ2) is 11.8. The number of methoxy groups -OCH3 is 1. The first-order chi connectivity index (χ1) is 14.1. The van der Waals surface area contributed by atoms with E-state index in [0.29, 0.717) is 57.2 Å². The normalized spacial score (nSPS) is 14.4. The summed E-state index contributed by atoms with van der Waals surface area (Å²) < 4.78 is 10.2. The number of guanidine groups is 1. The molecule has 9 heteroatoms. The van der Waals surface area contributed by atoms with E-state index in [-0.39, 0.29) is 12.0 Å². The molecule has 1 saturated heterocycles. The summed E-state index contributed by atoms with van der Waals surface area (Å²) in [6.45, 7) is 8.36. The third-order valence-electron chi connectivity index (χ3n) is 4.43. The topological polar surface area (TPSA) is 95.5 Å². The predicted octanol–water partition coefficient (Wildman–Crippen LogP) is 1.16. The van der Waals surface area contributed by atoms with Gasteiger partial charge in [0, 0.05) is 44.8 Å². The first-order valence-electron chi connectivity index (χ1n) is 9.96. The Morgan fingerprint density at radius 1 is 1.10 bits per heavy atom. The van der Waals surface area contributed by atoms with Gasteiger partial charge in [-0.3, -0.25) is 9.79 Å². The third kappa shape index (κ3) is 6.85. The molecule has 0 atom stereocenters. The number of carbonyl (C=O) groups is 2. The molecular formula is C20H31N5O4. The summed E-state index contributed by atoms with van der Waals surface area (Å²) >= 11 is 0. The highest BCUT2D eigenvalue weighted by Crippen LogP contribution is 2.12. The minimum Gasteiger partial charge on any atom is -0.497 e. The van der Waals surface area contributed by atoms with Crippen molar-refractivity contribution in [2.75, 3.05) is 59.5 Å². The highest BCUT2D eigenvalue weighted by molar-refractivity contribution is 5.94. The number of carbonyl (C=O) groups excluding carboxylic acids is 2. The number of ether oxygens (including phenoxy) is 2. The van der Waals surface area contributed by atoms with E-state index in [9.17, 15) is 9.59 Å². The van der Waals surface area contributed by atoms with E-state index in [1.54, 1.807) is 43.2 Å². The van der Waals surface area contributed by atoms with Crippen molar-refractivity contribution in [1.82, 2.24) is 20.4 Å². The number of hydrogen-bond donors (Lipinski definition) is 2. The maximum absolute atomic E-state index is 12.2. The van der Waals surface area contributed by atoms with Crippen molar-refractivity contribution in [2.24, 2.45) is 4.99 Å². The molecule has 0 unspecified atom stereocenters. The number of hydrogen-bond acceptors (Lipinski definition) is 5. The number of nitrogens with one attached hydrogen (secondary N) is 2. The van der Waals surface area contributed by atoms with Gasteiger partial charge in [-0.25, -0.2) is 4.79 Å². The van der Waals surface area contributed by atoms with E-state index in [1.807, 2.05) is 6.92 Å². The van der Waals surface area contributed by atoms with Crippen molar-refractivity contribution in [3.05, 3.63) is 29.8 Å². The Labute approximate surface area is 172 Å². The number of piperazine rings is 1. The second-order valence-electron chi connectivity index (χ2n) is 6.40. The molecule has 1 aromatic carbocycles. The molecule has 1 fully saturated rings. The van der Waals surface area contributed by atoms with Crippen molar-refractivity contribution >= 4 is 18.0 Å². The van der Waals surface area contributed by atoms with Gasteiger partial charge in [-0.05, 0) is 32.0 Å². The second-order valence-corrected chi connectivity index (χ2v) is 6.40. The summed E-state index contributed by atoms with van der Waals surface area (Å²) in [5.74, 6) is 1.27. The van der Waals surface area contributed by atoms with E-state index in [2.05, 4.69) is 20.5 Å². The van der Waals surface area contributed by atoms with Crippen LogP contribution < -0.4 is 15.4 Å². The van der Waals surface area contributed by atoms with E-state index in [4.69, 9.17) is 9.47 Å². The van der Waals surface area contributed by atoms with Crippen LogP contribution in [0.3, 0.4) is 0 Å². The molecular weight excluding hydrogens is 374 g/mol. The van der Waals surface area contributed by atoms with E-state index >= 15 is 0 Å². The maximum Gasteiger partial charge on any atom is 0.409 e. The molecule has 1 aliphatic rings. The molecule has 0 spiro atoms. The summed E-state index contributed by atoms with van der Waals surface area (Å²) in [5.41, 5.74) is 0.551. The zero-order valence-corrected chi connectivity index (χ0v) is 17.4. The largest absolute Gasteiger partial charge is 0.497 e. The molecule has 9 nitrogen and oxygen atoms in total. The molecule has 2 N–H and O–H groups in total. The maximum atomic E-state index is 12.2. The lowest BCUT2D eigenvalue weighted by atomic mass is 10.2. The summed E-state index contributed by atoms with van der Waals surface area (Å²) in [7, 11) is 1.57. The Hall–Kier alpha value is -2.97. The number of amides is 2. The average molecular weight is 405 g/mol. The van der Waals surface area contributed by atoms with Crippen LogP contribution in [-0.4, -0.2) is 87.3 Å². The molecule has 1 aromatic rings. The summed E-state index contributed by atoms with van der Waals surface area (Å²) in [5, 5.41) is 6.14. The molecule has 1 aliphatic heterocycles. The molecule has 29 heavy (non-hydrogen) atoms. The SMILES string of the molecule is CCNC(=NCCNC(=O)c1cccc(OC)c1)N1CCN(C(=O)OCC)CC1. The first kappa shape index (κ1) is 22.3. The molecule has 0 aromatic heterocycles. The van der Waals surface area contributed by atoms with Crippen LogP contribution >= 0.6 is 0 Å². The average Bonchev–Trinajstić information content (AvgIpc) is 2.76. The number of benzene rings is 1. The predicted molar refractivity (Wildman–Crippen MR) is 111 cm³/mol. The lowest BCUT2D eigenvalue weighted by molar-refractivity contribution is 0.0914. The molecule has 0 bridgehead atoms. The van der Waals surface area contributed by atoms with Crippen molar-refractivity contribution in [3.63, 3.8) is 0 Å². The fraction of sp³-hybridized carbons (Fsp3) is 0.550. The van der Waals surface area contributed by atoms with Gasteiger partial charge in [0.05, 0.1) is 20.3 Å². The lowest BCUT2D eigenvalue weighted by Gasteiger charge is -2.35. The first-order valence-corrected chi connectivity index (χ1v) is 9.96. The van der Waals surface area contributed by atoms with Gasteiger partial charge in [0.15, 0.2) is 5.96 Å². The van der Waals surface area contributed by atoms with Crippen LogP contribution in [0, 0.1) is 0 Å². The fourth-order valence-electron chi connectivity index (χ4n) is 2.94. The zero-order chi connectivity index (χ0) is 21.1. The number of aliphatic imine (C=N–C) groups is 1. The van der Waals surface area contributed by atoms with E-state index in [1.165, 1.54) is 0 Å². The minimum absolute atomic E-state index is 0.160. The van der Waals surface area contributed by atoms with Gasteiger partial charge in [-0.2, -0.15) is 0 Å². The molecule has 0 saturated carbocycles. The van der Waals surface area contributed by atoms with Gasteiger partial charge < -0.3 is 29.9 Å². The Balaban J connectivity index is 1.83. The Morgan fingerprint density at radius 3 is 2.48 bits per heavy atom. The van der Waals surface area contributed by atoms with Crippen LogP contribution in [0.5, 0.6) is 5.75 Å². The van der Waals surface area contributed by atoms with Gasteiger partial charge in [0.2, 0.25) is 0 Å². The van der Waals surface area contributed by atoms with Crippen molar-refractivity contribution < 1.29 is 19.1 Å². The molecule has 2 rings (SSSR count). The van der Waals surface area contributed by atoms with Crippen LogP contribution in [0.15, 0.2) is 29.3 Å². The minimum atomic E-state index is -0.269. The van der Waals surface area contributed by atoms with E-state index < -0.39 is 0 Å². The monoisotopic (exact) mass is 405 g/mol. The molecule has 0 radical (unpaired) electrons. The van der Waals surface area contributed by atoms with Crippen LogP contribution in [0.25, 0.3) is 0 Å². The summed E-state index contributed by atoms with van der Waals surface area (Å²) in [4.78, 5) is 32.5. The van der Waals surface area contributed by atoms with Crippen LogP contribution in [0.1, 0.15) is 24.2 Å². The zero-order valence-electron chi connectivity index (χ0n) is 17.4. The molecule has 160 valence electrons. The van der Waals surface area contributed by atoms with Gasteiger partial charge in [-0.1, -0.05) is 6.07 Å². The van der Waals surface area contributed by atoms with Gasteiger partial charge in [-0.15, -0.1) is 0 Å². The standard InChI is InChI=1S/C20H31N5O4/c1-4-21-19(24-11-13-25(14-12-24)20(27)29-5-2)23-10-9-22-18(26)16-7-6-8-17(15-16)28-3/h6-8,15H,4-5,9-14H2,1-3H3,(H,21,23)(H,22,26). The van der Waals surface area contributed by atoms with Crippen LogP contribution in [0.2, 0.25) is 0 Å². The summed E-state index contributed by atoms with van der Waals surface area (Å²) in [6.07, 6.45) is -0.269. The highest BCUT2D eigenvalue weighted by atomic mass is 16.6. The smallest absolute Gasteiger partial charge is 0.409 e. The molecule has 1 heterocycles. The summed E-state index contributed by atoms with van der Waals surface area (Å²) in [6, 6.07) is 7.02. The third-order valence-corrected chi connectivity index (χ3v) is 4.43. The number of nitrogens with zero attached hydrogens (tertiary/aromatic N) is 3. The van der Waals surface area contributed by atoms with Gasteiger partial charge >= 0.3 is 6.09 Å². The quantitative estimate of drug-likeness (QED) is 0.402. The van der Waals surface area contributed by atoms with Crippen molar-refractivity contribution in [1.29, 1.82) is 0 Å². The van der Waals surface area contributed by atoms with Gasteiger partial charge in [0.1, 0.15) is 5.75 Å². The lowest BCUT2D eigenvalue weighted by Crippen LogP contribution is -2.54. The Morgan fingerprint density at radius 2 is 1.83 bits per heavy atom. The fourth-order valence-corrected chi connectivity index (χ4v) is 2.94. The van der Waals surface area contributed by atoms with Crippen molar-refractivity contribution in [3.8, 4) is 5.75 Å². The van der Waals surface area contributed by atoms with Crippen molar-refractivity contribution in [2.45, 2.75) is 13.8 Å². The van der Waals surface area contributed by atoms with Gasteiger partial charge in [0.25, 0.3) is 5.91 Å². The Bertz CT molecular complexity index is 702. The van der Waals surface area contributed by atoms with Crippen LogP contribution in [-0.2, 0) is 4.74 Å². The van der Waals surface area contributed by atoms with Crippen LogP contribution in [0.4, 0.5) is 4.79 Å². The molecule has 2 amide bonds. The number of rotatable bonds is 7. The Kier molecular flexibility index (Phi) is 9.07. The van der Waals surface area contributed by atoms with E-state index in [0.717, 1.165) is 12.5 Å².